The topological polar surface area (TPSA) is 32.3 Å². The van der Waals surface area contributed by atoms with Crippen molar-refractivity contribution < 1.29 is 13.6 Å². The van der Waals surface area contributed by atoms with Crippen molar-refractivity contribution in [2.24, 2.45) is 0 Å². The predicted molar refractivity (Wildman–Crippen MR) is 120 cm³/mol. The minimum Gasteiger partial charge on any atom is -0.329 e. The van der Waals surface area contributed by atoms with Crippen LogP contribution in [-0.2, 0) is 6.42 Å². The summed E-state index contributed by atoms with van der Waals surface area (Å²) >= 11 is 3.20. The highest BCUT2D eigenvalue weighted by Gasteiger charge is 2.27. The number of fused-ring (bicyclic) bond motifs is 1. The van der Waals surface area contributed by atoms with Crippen molar-refractivity contribution >= 4 is 41.0 Å². The molecule has 1 aliphatic rings. The van der Waals surface area contributed by atoms with E-state index in [4.69, 9.17) is 0 Å². The minimum absolute atomic E-state index is 0.00875. The third-order valence-corrected chi connectivity index (χ3v) is 6.23. The van der Waals surface area contributed by atoms with Crippen molar-refractivity contribution in [3.63, 3.8) is 0 Å². The number of thioether (sulfide) groups is 1. The van der Waals surface area contributed by atoms with E-state index in [0.29, 0.717) is 18.5 Å². The van der Waals surface area contributed by atoms with Gasteiger partial charge in [-0.15, -0.1) is 11.8 Å². The van der Waals surface area contributed by atoms with Gasteiger partial charge in [0.1, 0.15) is 0 Å². The Morgan fingerprint density at radius 2 is 2.03 bits per heavy atom. The van der Waals surface area contributed by atoms with Crippen LogP contribution in [-0.4, -0.2) is 24.5 Å². The largest absolute Gasteiger partial charge is 0.329 e. The zero-order chi connectivity index (χ0) is 20.6. The summed E-state index contributed by atoms with van der Waals surface area (Å²) in [6.45, 7) is 0.678. The maximum absolute atomic E-state index is 13.1. The molecular formula is C22H24F2N2OS2. The Hall–Kier alpha value is -1.99. The van der Waals surface area contributed by atoms with Crippen LogP contribution in [0.5, 0.6) is 0 Å². The molecule has 0 radical (unpaired) electrons. The number of anilines is 2. The van der Waals surface area contributed by atoms with E-state index < -0.39 is 6.08 Å². The van der Waals surface area contributed by atoms with Crippen LogP contribution in [0.25, 0.3) is 0 Å². The number of para-hydroxylation sites is 1. The summed E-state index contributed by atoms with van der Waals surface area (Å²) in [5.74, 6) is 0.908. The first-order chi connectivity index (χ1) is 14.1. The zero-order valence-corrected chi connectivity index (χ0v) is 17.9. The summed E-state index contributed by atoms with van der Waals surface area (Å²) in [7, 11) is 0. The van der Waals surface area contributed by atoms with Crippen LogP contribution in [0.2, 0.25) is 0 Å². The average Bonchev–Trinajstić information content (AvgIpc) is 3.14. The molecule has 2 aromatic carbocycles. The van der Waals surface area contributed by atoms with Crippen LogP contribution in [0.15, 0.2) is 59.5 Å². The van der Waals surface area contributed by atoms with Gasteiger partial charge in [0.15, 0.2) is 0 Å². The van der Waals surface area contributed by atoms with Gasteiger partial charge in [0.25, 0.3) is 12.0 Å². The lowest BCUT2D eigenvalue weighted by atomic mass is 10.1. The quantitative estimate of drug-likeness (QED) is 0.273. The molecule has 0 saturated carbocycles. The highest BCUT2D eigenvalue weighted by atomic mass is 32.2. The molecule has 29 heavy (non-hydrogen) atoms. The predicted octanol–water partition coefficient (Wildman–Crippen LogP) is 6.62. The second-order valence-corrected chi connectivity index (χ2v) is 8.47. The Balaban J connectivity index is 1.62. The maximum Gasteiger partial charge on any atom is 0.266 e. The van der Waals surface area contributed by atoms with Crippen molar-refractivity contribution in [2.45, 2.75) is 30.6 Å². The van der Waals surface area contributed by atoms with Gasteiger partial charge >= 0.3 is 0 Å². The van der Waals surface area contributed by atoms with Crippen LogP contribution < -0.4 is 9.62 Å². The second kappa shape index (κ2) is 10.7. The van der Waals surface area contributed by atoms with E-state index in [1.165, 1.54) is 17.5 Å². The molecule has 1 N–H and O–H groups in total. The van der Waals surface area contributed by atoms with Crippen molar-refractivity contribution in [3.8, 4) is 0 Å². The van der Waals surface area contributed by atoms with Crippen molar-refractivity contribution in [1.29, 1.82) is 0 Å². The summed E-state index contributed by atoms with van der Waals surface area (Å²) < 4.78 is 27.2. The number of hydrogen-bond acceptors (Lipinski definition) is 4. The Bertz CT molecular complexity index is 885. The van der Waals surface area contributed by atoms with Crippen molar-refractivity contribution in [2.75, 3.05) is 28.2 Å². The number of amides is 1. The molecule has 0 aromatic heterocycles. The van der Waals surface area contributed by atoms with Gasteiger partial charge in [-0.05, 0) is 73.4 Å². The Kier molecular flexibility index (Phi) is 8.00. The highest BCUT2D eigenvalue weighted by molar-refractivity contribution is 7.99. The Labute approximate surface area is 179 Å². The lowest BCUT2D eigenvalue weighted by Crippen LogP contribution is -2.29. The first-order valence-electron chi connectivity index (χ1n) is 9.57. The van der Waals surface area contributed by atoms with Gasteiger partial charge in [-0.25, -0.2) is 0 Å². The third kappa shape index (κ3) is 5.76. The number of carbonyl (C=O) groups is 1. The molecule has 0 fully saturated rings. The SMILES string of the molecule is CSNc1ccccc1C(=O)N1CCc2cc(SCCCCC=C(F)F)ccc21. The molecule has 2 aromatic rings. The number of allylic oxidation sites excluding steroid dienone is 1. The zero-order valence-electron chi connectivity index (χ0n) is 16.3. The van der Waals surface area contributed by atoms with E-state index in [2.05, 4.69) is 10.8 Å². The molecule has 3 rings (SSSR count). The van der Waals surface area contributed by atoms with Crippen LogP contribution in [0.1, 0.15) is 35.2 Å². The summed E-state index contributed by atoms with van der Waals surface area (Å²) in [4.78, 5) is 16.1. The van der Waals surface area contributed by atoms with Crippen LogP contribution >= 0.6 is 23.7 Å². The van der Waals surface area contributed by atoms with Crippen molar-refractivity contribution in [3.05, 3.63) is 65.7 Å². The van der Waals surface area contributed by atoms with Gasteiger partial charge < -0.3 is 9.62 Å². The van der Waals surface area contributed by atoms with Gasteiger partial charge in [0, 0.05) is 23.4 Å². The minimum atomic E-state index is -1.60. The van der Waals surface area contributed by atoms with Gasteiger partial charge in [0.2, 0.25) is 0 Å². The molecular weight excluding hydrogens is 410 g/mol. The molecule has 0 atom stereocenters. The molecule has 0 bridgehead atoms. The highest BCUT2D eigenvalue weighted by Crippen LogP contribution is 2.34. The fourth-order valence-electron chi connectivity index (χ4n) is 3.34. The molecule has 1 amide bonds. The lowest BCUT2D eigenvalue weighted by Gasteiger charge is -2.19. The Morgan fingerprint density at radius 1 is 1.21 bits per heavy atom. The lowest BCUT2D eigenvalue weighted by molar-refractivity contribution is 0.0990. The summed E-state index contributed by atoms with van der Waals surface area (Å²) in [6.07, 6.45) is 4.25. The average molecular weight is 435 g/mol. The first-order valence-corrected chi connectivity index (χ1v) is 11.8. The fourth-order valence-corrected chi connectivity index (χ4v) is 4.71. The number of rotatable bonds is 9. The number of carbonyl (C=O) groups excluding carboxylic acids is 1. The normalized spacial score (nSPS) is 12.6. The number of benzene rings is 2. The van der Waals surface area contributed by atoms with E-state index in [1.54, 1.807) is 11.8 Å². The number of unbranched alkanes of at least 4 members (excludes halogenated alkanes) is 2. The van der Waals surface area contributed by atoms with Crippen LogP contribution in [0.4, 0.5) is 20.2 Å². The van der Waals surface area contributed by atoms with E-state index in [9.17, 15) is 13.6 Å². The monoisotopic (exact) mass is 434 g/mol. The van der Waals surface area contributed by atoms with Gasteiger partial charge in [0.05, 0.1) is 11.3 Å². The maximum atomic E-state index is 13.1. The molecule has 0 aliphatic carbocycles. The van der Waals surface area contributed by atoms with Gasteiger partial charge in [-0.1, -0.05) is 24.1 Å². The number of nitrogens with one attached hydrogen (secondary N) is 1. The van der Waals surface area contributed by atoms with Crippen LogP contribution in [0, 0.1) is 0 Å². The van der Waals surface area contributed by atoms with Gasteiger partial charge in [-0.3, -0.25) is 4.79 Å². The first kappa shape index (κ1) is 21.7. The van der Waals surface area contributed by atoms with Gasteiger partial charge in [-0.2, -0.15) is 8.78 Å². The molecule has 1 aliphatic heterocycles. The van der Waals surface area contributed by atoms with E-state index in [-0.39, 0.29) is 5.91 Å². The fraction of sp³-hybridized carbons (Fsp3) is 0.318. The molecule has 0 unspecified atom stereocenters. The number of halogens is 2. The third-order valence-electron chi connectivity index (χ3n) is 4.73. The second-order valence-electron chi connectivity index (χ2n) is 6.69. The van der Waals surface area contributed by atoms with E-state index >= 15 is 0 Å². The van der Waals surface area contributed by atoms with E-state index in [0.717, 1.165) is 47.4 Å². The summed E-state index contributed by atoms with van der Waals surface area (Å²) in [5, 5.41) is 0. The molecule has 7 heteroatoms. The smallest absolute Gasteiger partial charge is 0.266 e. The number of nitrogens with zero attached hydrogens (tertiary/aromatic N) is 1. The summed E-state index contributed by atoms with van der Waals surface area (Å²) in [6, 6.07) is 13.8. The molecule has 154 valence electrons. The molecule has 0 saturated heterocycles. The molecule has 3 nitrogen and oxygen atoms in total. The Morgan fingerprint density at radius 3 is 2.83 bits per heavy atom. The summed E-state index contributed by atoms with van der Waals surface area (Å²) in [5.41, 5.74) is 3.66. The molecule has 0 spiro atoms. The van der Waals surface area contributed by atoms with Crippen molar-refractivity contribution in [1.82, 2.24) is 0 Å². The standard InChI is InChI=1S/C22H24F2N2OS2/c1-28-25-19-8-5-4-7-18(19)22(27)26-13-12-16-15-17(10-11-20(16)26)29-14-6-2-3-9-21(23)24/h4-5,7-11,15,25H,2-3,6,12-14H2,1H3. The van der Waals surface area contributed by atoms with Crippen LogP contribution in [0.3, 0.4) is 0 Å². The van der Waals surface area contributed by atoms with E-state index in [1.807, 2.05) is 47.6 Å². The number of hydrogen-bond donors (Lipinski definition) is 1. The molecule has 1 heterocycles.